The maximum absolute atomic E-state index is 10.7. The fraction of sp³-hybridized carbons (Fsp3) is 1.00. The van der Waals surface area contributed by atoms with Gasteiger partial charge in [-0.05, 0) is 51.6 Å². The second kappa shape index (κ2) is 5.45. The molecule has 0 aromatic heterocycles. The zero-order valence-electron chi connectivity index (χ0n) is 11.9. The van der Waals surface area contributed by atoms with E-state index >= 15 is 0 Å². The first-order valence-electron chi connectivity index (χ1n) is 7.49. The van der Waals surface area contributed by atoms with Gasteiger partial charge in [-0.1, -0.05) is 13.8 Å². The van der Waals surface area contributed by atoms with Gasteiger partial charge in [-0.25, -0.2) is 0 Å². The maximum atomic E-state index is 10.7. The second-order valence-electron chi connectivity index (χ2n) is 5.83. The fourth-order valence-corrected chi connectivity index (χ4v) is 3.71. The third-order valence-electron chi connectivity index (χ3n) is 4.88. The average Bonchev–Trinajstić information content (AvgIpc) is 2.91. The second-order valence-corrected chi connectivity index (χ2v) is 5.83. The van der Waals surface area contributed by atoms with Crippen LogP contribution in [-0.4, -0.2) is 57.6 Å². The van der Waals surface area contributed by atoms with Crippen molar-refractivity contribution in [2.45, 2.75) is 63.8 Å². The van der Waals surface area contributed by atoms with E-state index in [4.69, 9.17) is 0 Å². The Morgan fingerprint density at radius 2 is 1.22 bits per heavy atom. The summed E-state index contributed by atoms with van der Waals surface area (Å²) in [6.07, 6.45) is 5.22. The van der Waals surface area contributed by atoms with Crippen molar-refractivity contribution < 1.29 is 10.2 Å². The van der Waals surface area contributed by atoms with Crippen molar-refractivity contribution in [3.8, 4) is 0 Å². The van der Waals surface area contributed by atoms with Gasteiger partial charge in [0.15, 0.2) is 0 Å². The third-order valence-corrected chi connectivity index (χ3v) is 4.88. The van der Waals surface area contributed by atoms with E-state index in [0.29, 0.717) is 12.8 Å². The normalized spacial score (nSPS) is 38.7. The minimum absolute atomic E-state index is 0.674. The van der Waals surface area contributed by atoms with E-state index in [1.807, 2.05) is 0 Å². The maximum Gasteiger partial charge on any atom is 0.118 e. The minimum Gasteiger partial charge on any atom is -0.376 e. The highest BCUT2D eigenvalue weighted by Crippen LogP contribution is 2.37. The molecule has 2 unspecified atom stereocenters. The Hall–Kier alpha value is -0.160. The minimum atomic E-state index is -0.674. The predicted octanol–water partition coefficient (Wildman–Crippen LogP) is 1.38. The molecule has 2 aliphatic heterocycles. The van der Waals surface area contributed by atoms with Crippen LogP contribution in [0.1, 0.15) is 52.4 Å². The van der Waals surface area contributed by atoms with Crippen LogP contribution >= 0.6 is 0 Å². The number of rotatable bonds is 5. The van der Waals surface area contributed by atoms with Crippen molar-refractivity contribution in [3.05, 3.63) is 0 Å². The molecule has 18 heavy (non-hydrogen) atoms. The van der Waals surface area contributed by atoms with E-state index in [1.165, 1.54) is 0 Å². The standard InChI is InChI=1S/C14H28N2O2/c1-3-15-11-5-7-13(15,17)9-10-14(18)8-6-12-16(14)4-2/h17-18H,3-12H2,1-2H3. The van der Waals surface area contributed by atoms with Gasteiger partial charge >= 0.3 is 0 Å². The predicted molar refractivity (Wildman–Crippen MR) is 72.1 cm³/mol. The Morgan fingerprint density at radius 1 is 0.833 bits per heavy atom. The summed E-state index contributed by atoms with van der Waals surface area (Å²) in [5.41, 5.74) is -1.35. The van der Waals surface area contributed by atoms with Crippen LogP contribution in [0.5, 0.6) is 0 Å². The molecule has 0 aromatic carbocycles. The van der Waals surface area contributed by atoms with Crippen LogP contribution in [0.4, 0.5) is 0 Å². The van der Waals surface area contributed by atoms with Gasteiger partial charge in [0.2, 0.25) is 0 Å². The summed E-state index contributed by atoms with van der Waals surface area (Å²) in [6, 6.07) is 0. The van der Waals surface area contributed by atoms with Gasteiger partial charge < -0.3 is 10.2 Å². The molecule has 106 valence electrons. The Labute approximate surface area is 111 Å². The van der Waals surface area contributed by atoms with Gasteiger partial charge in [0.1, 0.15) is 11.4 Å². The SMILES string of the molecule is CCN1CCCC1(O)CCC1(O)CCCN1CC. The lowest BCUT2D eigenvalue weighted by atomic mass is 9.96. The Morgan fingerprint density at radius 3 is 1.56 bits per heavy atom. The van der Waals surface area contributed by atoms with Crippen LogP contribution in [0, 0.1) is 0 Å². The van der Waals surface area contributed by atoms with E-state index in [2.05, 4.69) is 23.6 Å². The Kier molecular flexibility index (Phi) is 4.32. The smallest absolute Gasteiger partial charge is 0.118 e. The molecule has 2 aliphatic rings. The van der Waals surface area contributed by atoms with E-state index in [0.717, 1.165) is 51.9 Å². The van der Waals surface area contributed by atoms with Crippen molar-refractivity contribution in [1.82, 2.24) is 9.80 Å². The molecule has 0 aromatic rings. The van der Waals surface area contributed by atoms with Crippen molar-refractivity contribution in [2.24, 2.45) is 0 Å². The average molecular weight is 256 g/mol. The van der Waals surface area contributed by atoms with Crippen molar-refractivity contribution in [2.75, 3.05) is 26.2 Å². The molecule has 2 heterocycles. The summed E-state index contributed by atoms with van der Waals surface area (Å²) in [7, 11) is 0. The molecule has 0 radical (unpaired) electrons. The molecule has 2 N–H and O–H groups in total. The van der Waals surface area contributed by atoms with Crippen LogP contribution in [0.15, 0.2) is 0 Å². The molecule has 4 heteroatoms. The van der Waals surface area contributed by atoms with E-state index < -0.39 is 11.4 Å². The number of hydrogen-bond acceptors (Lipinski definition) is 4. The molecule has 0 bridgehead atoms. The molecule has 0 aliphatic carbocycles. The summed E-state index contributed by atoms with van der Waals surface area (Å²) in [6.45, 7) is 7.96. The third kappa shape index (κ3) is 2.57. The molecule has 2 atom stereocenters. The first-order chi connectivity index (χ1) is 8.54. The van der Waals surface area contributed by atoms with E-state index in [-0.39, 0.29) is 0 Å². The largest absolute Gasteiger partial charge is 0.376 e. The highest BCUT2D eigenvalue weighted by atomic mass is 16.3. The van der Waals surface area contributed by atoms with Crippen molar-refractivity contribution in [1.29, 1.82) is 0 Å². The van der Waals surface area contributed by atoms with Crippen molar-refractivity contribution >= 4 is 0 Å². The van der Waals surface area contributed by atoms with Gasteiger partial charge in [-0.15, -0.1) is 0 Å². The lowest BCUT2D eigenvalue weighted by molar-refractivity contribution is -0.130. The molecule has 0 spiro atoms. The molecule has 4 nitrogen and oxygen atoms in total. The zero-order chi connectivity index (χ0) is 13.2. The molecule has 2 fully saturated rings. The summed E-state index contributed by atoms with van der Waals surface area (Å²) in [5.74, 6) is 0. The summed E-state index contributed by atoms with van der Waals surface area (Å²) >= 11 is 0. The number of likely N-dealkylation sites (tertiary alicyclic amines) is 2. The topological polar surface area (TPSA) is 46.9 Å². The highest BCUT2D eigenvalue weighted by Gasteiger charge is 2.43. The van der Waals surface area contributed by atoms with Crippen molar-refractivity contribution in [3.63, 3.8) is 0 Å². The lowest BCUT2D eigenvalue weighted by Gasteiger charge is -2.38. The Balaban J connectivity index is 1.94. The summed E-state index contributed by atoms with van der Waals surface area (Å²) in [4.78, 5) is 4.31. The fourth-order valence-electron chi connectivity index (χ4n) is 3.71. The number of nitrogens with zero attached hydrogens (tertiary/aromatic N) is 2. The van der Waals surface area contributed by atoms with E-state index in [1.54, 1.807) is 0 Å². The van der Waals surface area contributed by atoms with Crippen LogP contribution in [0.2, 0.25) is 0 Å². The van der Waals surface area contributed by atoms with Gasteiger partial charge in [0.05, 0.1) is 0 Å². The molecule has 2 saturated heterocycles. The first-order valence-corrected chi connectivity index (χ1v) is 7.49. The first kappa shape index (κ1) is 14.3. The van der Waals surface area contributed by atoms with Crippen LogP contribution < -0.4 is 0 Å². The van der Waals surface area contributed by atoms with Crippen LogP contribution in [0.3, 0.4) is 0 Å². The van der Waals surface area contributed by atoms with Crippen LogP contribution in [-0.2, 0) is 0 Å². The molecule has 0 amide bonds. The molecular weight excluding hydrogens is 228 g/mol. The van der Waals surface area contributed by atoms with E-state index in [9.17, 15) is 10.2 Å². The van der Waals surface area contributed by atoms with Gasteiger partial charge in [0.25, 0.3) is 0 Å². The quantitative estimate of drug-likeness (QED) is 0.780. The summed E-state index contributed by atoms with van der Waals surface area (Å²) in [5, 5.41) is 21.4. The molecule has 2 rings (SSSR count). The van der Waals surface area contributed by atoms with Gasteiger partial charge in [-0.2, -0.15) is 0 Å². The van der Waals surface area contributed by atoms with Gasteiger partial charge in [0, 0.05) is 13.1 Å². The zero-order valence-corrected chi connectivity index (χ0v) is 11.9. The molecule has 0 saturated carbocycles. The number of hydrogen-bond donors (Lipinski definition) is 2. The monoisotopic (exact) mass is 256 g/mol. The summed E-state index contributed by atoms with van der Waals surface area (Å²) < 4.78 is 0. The van der Waals surface area contributed by atoms with Gasteiger partial charge in [-0.3, -0.25) is 9.80 Å². The van der Waals surface area contributed by atoms with Crippen LogP contribution in [0.25, 0.3) is 0 Å². The number of aliphatic hydroxyl groups is 2. The molecular formula is C14H28N2O2. The lowest BCUT2D eigenvalue weighted by Crippen LogP contribution is -2.48. The Bertz CT molecular complexity index is 259. The highest BCUT2D eigenvalue weighted by molar-refractivity contribution is 4.91.